The van der Waals surface area contributed by atoms with Gasteiger partial charge in [-0.1, -0.05) is 6.92 Å². The van der Waals surface area contributed by atoms with Crippen molar-refractivity contribution in [2.45, 2.75) is 33.2 Å². The van der Waals surface area contributed by atoms with E-state index in [-0.39, 0.29) is 6.04 Å². The van der Waals surface area contributed by atoms with E-state index in [1.165, 1.54) is 0 Å². The lowest BCUT2D eigenvalue weighted by atomic mass is 10.2. The first kappa shape index (κ1) is 9.59. The van der Waals surface area contributed by atoms with Crippen LogP contribution in [0.4, 0.5) is 5.82 Å². The molecule has 0 bridgehead atoms. The zero-order chi connectivity index (χ0) is 10.0. The zero-order valence-electron chi connectivity index (χ0n) is 8.20. The van der Waals surface area contributed by atoms with Crippen LogP contribution in [-0.4, -0.2) is 9.78 Å². The molecule has 0 amide bonds. The number of hydrogen-bond acceptors (Lipinski definition) is 3. The number of nitriles is 1. The fourth-order valence-electron chi connectivity index (χ4n) is 1.21. The smallest absolute Gasteiger partial charge is 0.140 e. The Labute approximate surface area is 78.0 Å². The summed E-state index contributed by atoms with van der Waals surface area (Å²) in [5, 5.41) is 13.0. The number of anilines is 1. The second-order valence-electron chi connectivity index (χ2n) is 3.16. The molecule has 1 rings (SSSR count). The van der Waals surface area contributed by atoms with Crippen LogP contribution in [0.15, 0.2) is 0 Å². The molecule has 1 heterocycles. The normalized spacial score (nSPS) is 12.5. The molecule has 4 nitrogen and oxygen atoms in total. The highest BCUT2D eigenvalue weighted by Crippen LogP contribution is 2.20. The van der Waals surface area contributed by atoms with E-state index in [9.17, 15) is 0 Å². The third-order valence-corrected chi connectivity index (χ3v) is 2.24. The summed E-state index contributed by atoms with van der Waals surface area (Å²) < 4.78 is 1.72. The van der Waals surface area contributed by atoms with E-state index >= 15 is 0 Å². The lowest BCUT2D eigenvalue weighted by Crippen LogP contribution is -2.09. The van der Waals surface area contributed by atoms with Gasteiger partial charge in [0.2, 0.25) is 0 Å². The minimum atomic E-state index is 0.251. The Kier molecular flexibility index (Phi) is 2.57. The van der Waals surface area contributed by atoms with Crippen LogP contribution >= 0.6 is 0 Å². The number of hydrogen-bond donors (Lipinski definition) is 1. The number of nitrogens with two attached hydrogens (primary N) is 1. The predicted molar refractivity (Wildman–Crippen MR) is 51.1 cm³/mol. The van der Waals surface area contributed by atoms with Crippen LogP contribution in [0.25, 0.3) is 0 Å². The van der Waals surface area contributed by atoms with Gasteiger partial charge in [-0.25, -0.2) is 4.68 Å². The molecule has 0 saturated heterocycles. The molecule has 0 aromatic carbocycles. The average Bonchev–Trinajstić information content (AvgIpc) is 2.40. The van der Waals surface area contributed by atoms with E-state index in [0.29, 0.717) is 17.1 Å². The van der Waals surface area contributed by atoms with Gasteiger partial charge in [-0.05, 0) is 20.3 Å². The Hall–Kier alpha value is -1.50. The van der Waals surface area contributed by atoms with E-state index in [4.69, 9.17) is 11.0 Å². The Balaban J connectivity index is 3.20. The monoisotopic (exact) mass is 178 g/mol. The van der Waals surface area contributed by atoms with Crippen molar-refractivity contribution in [3.05, 3.63) is 11.3 Å². The lowest BCUT2D eigenvalue weighted by molar-refractivity contribution is 0.482. The second-order valence-corrected chi connectivity index (χ2v) is 3.16. The van der Waals surface area contributed by atoms with E-state index in [1.54, 1.807) is 11.6 Å². The van der Waals surface area contributed by atoms with Crippen LogP contribution in [0.5, 0.6) is 0 Å². The topological polar surface area (TPSA) is 67.6 Å². The van der Waals surface area contributed by atoms with Gasteiger partial charge < -0.3 is 5.73 Å². The summed E-state index contributed by atoms with van der Waals surface area (Å²) in [6, 6.07) is 2.31. The molecule has 1 atom stereocenters. The Morgan fingerprint density at radius 1 is 1.69 bits per heavy atom. The van der Waals surface area contributed by atoms with Crippen molar-refractivity contribution in [3.63, 3.8) is 0 Å². The van der Waals surface area contributed by atoms with Crippen LogP contribution in [0.2, 0.25) is 0 Å². The van der Waals surface area contributed by atoms with Gasteiger partial charge in [0, 0.05) is 0 Å². The first-order valence-electron chi connectivity index (χ1n) is 4.36. The van der Waals surface area contributed by atoms with Crippen molar-refractivity contribution in [1.82, 2.24) is 9.78 Å². The van der Waals surface area contributed by atoms with Crippen molar-refractivity contribution >= 4 is 5.82 Å². The van der Waals surface area contributed by atoms with E-state index in [0.717, 1.165) is 6.42 Å². The van der Waals surface area contributed by atoms with Gasteiger partial charge in [0.25, 0.3) is 0 Å². The van der Waals surface area contributed by atoms with Gasteiger partial charge >= 0.3 is 0 Å². The van der Waals surface area contributed by atoms with E-state index in [1.807, 2.05) is 6.92 Å². The van der Waals surface area contributed by atoms with Gasteiger partial charge in [-0.15, -0.1) is 0 Å². The van der Waals surface area contributed by atoms with Crippen molar-refractivity contribution in [3.8, 4) is 6.07 Å². The Bertz CT molecular complexity index is 345. The first-order valence-corrected chi connectivity index (χ1v) is 4.36. The highest BCUT2D eigenvalue weighted by molar-refractivity contribution is 5.51. The molecule has 2 N–H and O–H groups in total. The van der Waals surface area contributed by atoms with E-state index < -0.39 is 0 Å². The van der Waals surface area contributed by atoms with Gasteiger partial charge in [0.05, 0.1) is 11.7 Å². The van der Waals surface area contributed by atoms with Crippen molar-refractivity contribution in [2.75, 3.05) is 5.73 Å². The summed E-state index contributed by atoms with van der Waals surface area (Å²) in [5.74, 6) is 0.481. The molecule has 0 aliphatic heterocycles. The second kappa shape index (κ2) is 3.48. The highest BCUT2D eigenvalue weighted by Gasteiger charge is 2.14. The lowest BCUT2D eigenvalue weighted by Gasteiger charge is -2.10. The summed E-state index contributed by atoms with van der Waals surface area (Å²) in [4.78, 5) is 0. The van der Waals surface area contributed by atoms with Crippen LogP contribution < -0.4 is 5.73 Å². The fraction of sp³-hybridized carbons (Fsp3) is 0.556. The fourth-order valence-corrected chi connectivity index (χ4v) is 1.21. The van der Waals surface area contributed by atoms with Crippen LogP contribution in [0, 0.1) is 18.3 Å². The molecule has 0 aliphatic rings. The summed E-state index contributed by atoms with van der Waals surface area (Å²) in [6.45, 7) is 5.89. The maximum absolute atomic E-state index is 8.78. The number of nitrogens with zero attached hydrogens (tertiary/aromatic N) is 3. The third-order valence-electron chi connectivity index (χ3n) is 2.24. The highest BCUT2D eigenvalue weighted by atomic mass is 15.3. The molecule has 70 valence electrons. The largest absolute Gasteiger partial charge is 0.383 e. The average molecular weight is 178 g/mol. The molecule has 4 heteroatoms. The SMILES string of the molecule is CC[C@H](C)n1nc(C)c(C#N)c1N. The summed E-state index contributed by atoms with van der Waals surface area (Å²) in [6.07, 6.45) is 0.955. The predicted octanol–water partition coefficient (Wildman–Crippen LogP) is 1.62. The molecule has 0 fully saturated rings. The molecule has 0 spiro atoms. The van der Waals surface area contributed by atoms with Crippen molar-refractivity contribution in [2.24, 2.45) is 0 Å². The molecule has 0 unspecified atom stereocenters. The number of aromatic nitrogens is 2. The molecule has 0 radical (unpaired) electrons. The third kappa shape index (κ3) is 1.50. The standard InChI is InChI=1S/C9H14N4/c1-4-6(2)13-9(11)8(5-10)7(3)12-13/h6H,4,11H2,1-3H3/t6-/m0/s1. The first-order chi connectivity index (χ1) is 6.11. The van der Waals surface area contributed by atoms with Crippen LogP contribution in [-0.2, 0) is 0 Å². The summed E-state index contributed by atoms with van der Waals surface area (Å²) >= 11 is 0. The molecule has 13 heavy (non-hydrogen) atoms. The summed E-state index contributed by atoms with van der Waals surface area (Å²) in [7, 11) is 0. The van der Waals surface area contributed by atoms with Crippen molar-refractivity contribution < 1.29 is 0 Å². The number of nitrogen functional groups attached to an aromatic ring is 1. The molecule has 0 aliphatic carbocycles. The van der Waals surface area contributed by atoms with Gasteiger partial charge in [-0.3, -0.25) is 0 Å². The zero-order valence-corrected chi connectivity index (χ0v) is 8.20. The molecule has 1 aromatic rings. The maximum Gasteiger partial charge on any atom is 0.140 e. The minimum absolute atomic E-state index is 0.251. The maximum atomic E-state index is 8.78. The quantitative estimate of drug-likeness (QED) is 0.748. The van der Waals surface area contributed by atoms with E-state index in [2.05, 4.69) is 18.1 Å². The summed E-state index contributed by atoms with van der Waals surface area (Å²) in [5.41, 5.74) is 6.98. The van der Waals surface area contributed by atoms with Gasteiger partial charge in [0.15, 0.2) is 0 Å². The molecular weight excluding hydrogens is 164 g/mol. The van der Waals surface area contributed by atoms with Gasteiger partial charge in [-0.2, -0.15) is 10.4 Å². The number of rotatable bonds is 2. The molecule has 0 saturated carbocycles. The molecular formula is C9H14N4. The minimum Gasteiger partial charge on any atom is -0.383 e. The number of aryl methyl sites for hydroxylation is 1. The Morgan fingerprint density at radius 2 is 2.31 bits per heavy atom. The Morgan fingerprint density at radius 3 is 2.69 bits per heavy atom. The van der Waals surface area contributed by atoms with Crippen LogP contribution in [0.3, 0.4) is 0 Å². The van der Waals surface area contributed by atoms with Crippen molar-refractivity contribution in [1.29, 1.82) is 5.26 Å². The molecule has 1 aromatic heterocycles. The van der Waals surface area contributed by atoms with Crippen LogP contribution in [0.1, 0.15) is 37.6 Å². The van der Waals surface area contributed by atoms with Gasteiger partial charge in [0.1, 0.15) is 17.5 Å².